The summed E-state index contributed by atoms with van der Waals surface area (Å²) in [6, 6.07) is 10.7. The van der Waals surface area contributed by atoms with Crippen LogP contribution < -0.4 is 5.32 Å². The van der Waals surface area contributed by atoms with Crippen molar-refractivity contribution in [3.05, 3.63) is 47.3 Å². The number of amides is 1. The lowest BCUT2D eigenvalue weighted by molar-refractivity contribution is -0.117. The van der Waals surface area contributed by atoms with Crippen LogP contribution in [-0.4, -0.2) is 40.6 Å². The number of aryl methyl sites for hydroxylation is 2. The lowest BCUT2D eigenvalue weighted by Gasteiger charge is -2.19. The Hall–Kier alpha value is -2.14. The van der Waals surface area contributed by atoms with Crippen molar-refractivity contribution < 1.29 is 4.79 Å². The fourth-order valence-corrected chi connectivity index (χ4v) is 3.49. The van der Waals surface area contributed by atoms with Gasteiger partial charge in [-0.2, -0.15) is 5.10 Å². The number of aromatic nitrogens is 2. The number of H-pyrrole nitrogens is 1. The summed E-state index contributed by atoms with van der Waals surface area (Å²) in [6.45, 7) is 6.23. The summed E-state index contributed by atoms with van der Waals surface area (Å²) in [5, 5.41) is 10.0. The molecule has 1 saturated heterocycles. The fourth-order valence-electron chi connectivity index (χ4n) is 3.49. The minimum atomic E-state index is 0.0424. The van der Waals surface area contributed by atoms with E-state index >= 15 is 0 Å². The van der Waals surface area contributed by atoms with Crippen molar-refractivity contribution >= 4 is 11.6 Å². The zero-order valence-corrected chi connectivity index (χ0v) is 14.5. The quantitative estimate of drug-likeness (QED) is 0.907. The molecule has 2 aromatic rings. The van der Waals surface area contributed by atoms with Crippen LogP contribution in [0.3, 0.4) is 0 Å². The highest BCUT2D eigenvalue weighted by molar-refractivity contribution is 5.93. The molecule has 3 rings (SSSR count). The van der Waals surface area contributed by atoms with E-state index in [0.29, 0.717) is 12.5 Å². The SMILES string of the molecule is Cc1n[nH]c(C)c1NC(=O)CN1CCCC(c2ccccc2)CC1. The summed E-state index contributed by atoms with van der Waals surface area (Å²) in [4.78, 5) is 14.6. The number of aromatic amines is 1. The van der Waals surface area contributed by atoms with Crippen LogP contribution in [0.2, 0.25) is 0 Å². The van der Waals surface area contributed by atoms with Crippen molar-refractivity contribution in [3.8, 4) is 0 Å². The molecule has 0 bridgehead atoms. The smallest absolute Gasteiger partial charge is 0.238 e. The number of hydrogen-bond donors (Lipinski definition) is 2. The number of nitrogens with zero attached hydrogens (tertiary/aromatic N) is 2. The predicted molar refractivity (Wildman–Crippen MR) is 96.2 cm³/mol. The number of benzene rings is 1. The van der Waals surface area contributed by atoms with Gasteiger partial charge in [-0.05, 0) is 57.7 Å². The van der Waals surface area contributed by atoms with E-state index in [9.17, 15) is 4.79 Å². The van der Waals surface area contributed by atoms with Crippen LogP contribution in [-0.2, 0) is 4.79 Å². The molecule has 1 amide bonds. The summed E-state index contributed by atoms with van der Waals surface area (Å²) in [6.07, 6.45) is 3.44. The summed E-state index contributed by atoms with van der Waals surface area (Å²) in [7, 11) is 0. The second-order valence-electron chi connectivity index (χ2n) is 6.67. The minimum Gasteiger partial charge on any atom is -0.322 e. The van der Waals surface area contributed by atoms with Crippen LogP contribution in [0.15, 0.2) is 30.3 Å². The van der Waals surface area contributed by atoms with Crippen LogP contribution in [0.1, 0.15) is 42.1 Å². The first-order valence-corrected chi connectivity index (χ1v) is 8.72. The molecular weight excluding hydrogens is 300 g/mol. The third kappa shape index (κ3) is 4.03. The molecule has 24 heavy (non-hydrogen) atoms. The largest absolute Gasteiger partial charge is 0.322 e. The maximum absolute atomic E-state index is 12.4. The molecule has 0 aliphatic carbocycles. The highest BCUT2D eigenvalue weighted by atomic mass is 16.2. The second-order valence-corrected chi connectivity index (χ2v) is 6.67. The van der Waals surface area contributed by atoms with Gasteiger partial charge in [-0.15, -0.1) is 0 Å². The second kappa shape index (κ2) is 7.62. The van der Waals surface area contributed by atoms with Crippen molar-refractivity contribution in [2.24, 2.45) is 0 Å². The molecule has 0 saturated carbocycles. The average Bonchev–Trinajstić information content (AvgIpc) is 2.79. The molecule has 2 heterocycles. The van der Waals surface area contributed by atoms with Gasteiger partial charge in [0.1, 0.15) is 0 Å². The van der Waals surface area contributed by atoms with E-state index in [1.54, 1.807) is 0 Å². The summed E-state index contributed by atoms with van der Waals surface area (Å²) >= 11 is 0. The monoisotopic (exact) mass is 326 g/mol. The third-order valence-electron chi connectivity index (χ3n) is 4.85. The average molecular weight is 326 g/mol. The third-order valence-corrected chi connectivity index (χ3v) is 4.85. The number of likely N-dealkylation sites (tertiary alicyclic amines) is 1. The van der Waals surface area contributed by atoms with Gasteiger partial charge in [0.05, 0.1) is 23.6 Å². The standard InChI is InChI=1S/C19H26N4O/c1-14-19(15(2)22-21-14)20-18(24)13-23-11-6-9-17(10-12-23)16-7-4-3-5-8-16/h3-5,7-8,17H,6,9-13H2,1-2H3,(H,20,24)(H,21,22). The number of carbonyl (C=O) groups excluding carboxylic acids is 1. The summed E-state index contributed by atoms with van der Waals surface area (Å²) < 4.78 is 0. The van der Waals surface area contributed by atoms with Gasteiger partial charge in [-0.3, -0.25) is 14.8 Å². The van der Waals surface area contributed by atoms with E-state index in [4.69, 9.17) is 0 Å². The van der Waals surface area contributed by atoms with Crippen LogP contribution in [0, 0.1) is 13.8 Å². The lowest BCUT2D eigenvalue weighted by atomic mass is 9.92. The first-order chi connectivity index (χ1) is 11.6. The number of rotatable bonds is 4. The summed E-state index contributed by atoms with van der Waals surface area (Å²) in [5.41, 5.74) is 3.98. The highest BCUT2D eigenvalue weighted by Crippen LogP contribution is 2.27. The maximum atomic E-state index is 12.4. The number of anilines is 1. The topological polar surface area (TPSA) is 61.0 Å². The van der Waals surface area contributed by atoms with Gasteiger partial charge in [0.15, 0.2) is 0 Å². The number of carbonyl (C=O) groups is 1. The van der Waals surface area contributed by atoms with Gasteiger partial charge in [-0.1, -0.05) is 30.3 Å². The molecule has 1 aromatic heterocycles. The predicted octanol–water partition coefficient (Wildman–Crippen LogP) is 3.23. The van der Waals surface area contributed by atoms with Crippen molar-refractivity contribution in [1.29, 1.82) is 0 Å². The van der Waals surface area contributed by atoms with Crippen LogP contribution >= 0.6 is 0 Å². The number of hydrogen-bond acceptors (Lipinski definition) is 3. The van der Waals surface area contributed by atoms with E-state index < -0.39 is 0 Å². The molecule has 0 spiro atoms. The Balaban J connectivity index is 1.54. The Kier molecular flexibility index (Phi) is 5.30. The Morgan fingerprint density at radius 1 is 1.25 bits per heavy atom. The molecule has 1 fully saturated rings. The molecule has 1 unspecified atom stereocenters. The molecular formula is C19H26N4O. The molecule has 0 radical (unpaired) electrons. The van der Waals surface area contributed by atoms with E-state index in [-0.39, 0.29) is 5.91 Å². The zero-order valence-electron chi connectivity index (χ0n) is 14.5. The molecule has 1 aliphatic rings. The first-order valence-electron chi connectivity index (χ1n) is 8.72. The van der Waals surface area contributed by atoms with E-state index in [0.717, 1.165) is 43.0 Å². The van der Waals surface area contributed by atoms with Gasteiger partial charge in [-0.25, -0.2) is 0 Å². The molecule has 1 aliphatic heterocycles. The van der Waals surface area contributed by atoms with E-state index in [2.05, 4.69) is 50.7 Å². The molecule has 5 heteroatoms. The molecule has 128 valence electrons. The molecule has 2 N–H and O–H groups in total. The highest BCUT2D eigenvalue weighted by Gasteiger charge is 2.20. The first kappa shape index (κ1) is 16.7. The zero-order chi connectivity index (χ0) is 16.9. The summed E-state index contributed by atoms with van der Waals surface area (Å²) in [5.74, 6) is 0.651. The minimum absolute atomic E-state index is 0.0424. The van der Waals surface area contributed by atoms with E-state index in [1.807, 2.05) is 13.8 Å². The fraction of sp³-hybridized carbons (Fsp3) is 0.474. The van der Waals surface area contributed by atoms with Crippen molar-refractivity contribution in [1.82, 2.24) is 15.1 Å². The van der Waals surface area contributed by atoms with Gasteiger partial charge in [0, 0.05) is 0 Å². The molecule has 1 aromatic carbocycles. The van der Waals surface area contributed by atoms with Crippen molar-refractivity contribution in [3.63, 3.8) is 0 Å². The van der Waals surface area contributed by atoms with Gasteiger partial charge >= 0.3 is 0 Å². The Morgan fingerprint density at radius 2 is 2.04 bits per heavy atom. The van der Waals surface area contributed by atoms with Crippen molar-refractivity contribution in [2.75, 3.05) is 25.0 Å². The Bertz CT molecular complexity index is 660. The molecule has 5 nitrogen and oxygen atoms in total. The van der Waals surface area contributed by atoms with Gasteiger partial charge in [0.25, 0.3) is 0 Å². The normalized spacial score (nSPS) is 19.0. The Morgan fingerprint density at radius 3 is 2.75 bits per heavy atom. The maximum Gasteiger partial charge on any atom is 0.238 e. The van der Waals surface area contributed by atoms with E-state index in [1.165, 1.54) is 12.0 Å². The van der Waals surface area contributed by atoms with Gasteiger partial charge in [0.2, 0.25) is 5.91 Å². The molecule has 1 atom stereocenters. The lowest BCUT2D eigenvalue weighted by Crippen LogP contribution is -2.34. The van der Waals surface area contributed by atoms with Gasteiger partial charge < -0.3 is 5.32 Å². The van der Waals surface area contributed by atoms with Crippen LogP contribution in [0.5, 0.6) is 0 Å². The number of nitrogens with one attached hydrogen (secondary N) is 2. The van der Waals surface area contributed by atoms with Crippen molar-refractivity contribution in [2.45, 2.75) is 39.0 Å². The Labute approximate surface area is 143 Å². The van der Waals surface area contributed by atoms with Crippen LogP contribution in [0.25, 0.3) is 0 Å². The van der Waals surface area contributed by atoms with Crippen LogP contribution in [0.4, 0.5) is 5.69 Å².